The van der Waals surface area contributed by atoms with Gasteiger partial charge in [0.1, 0.15) is 5.52 Å². The van der Waals surface area contributed by atoms with Crippen LogP contribution in [-0.2, 0) is 6.54 Å². The summed E-state index contributed by atoms with van der Waals surface area (Å²) in [7, 11) is 0. The molecule has 2 rings (SSSR count). The van der Waals surface area contributed by atoms with Gasteiger partial charge in [0.25, 0.3) is 0 Å². The molecule has 0 radical (unpaired) electrons. The SMILES string of the molecule is NCc1nc2c(Cl)c(Br)c(Cl)cc2o1. The Balaban J connectivity index is 2.81. The Bertz CT molecular complexity index is 498. The second kappa shape index (κ2) is 3.70. The summed E-state index contributed by atoms with van der Waals surface area (Å²) in [6.45, 7) is 0.236. The Morgan fingerprint density at radius 1 is 1.50 bits per heavy atom. The Kier molecular flexibility index (Phi) is 2.70. The normalized spacial score (nSPS) is 11.1. The van der Waals surface area contributed by atoms with Crippen LogP contribution in [0.25, 0.3) is 11.1 Å². The summed E-state index contributed by atoms with van der Waals surface area (Å²) >= 11 is 15.2. The van der Waals surface area contributed by atoms with Crippen LogP contribution in [0.2, 0.25) is 10.0 Å². The Labute approximate surface area is 98.3 Å². The third-order valence-electron chi connectivity index (χ3n) is 1.74. The smallest absolute Gasteiger partial charge is 0.209 e. The molecule has 3 nitrogen and oxygen atoms in total. The van der Waals surface area contributed by atoms with E-state index in [1.807, 2.05) is 0 Å². The van der Waals surface area contributed by atoms with Gasteiger partial charge in [0.05, 0.1) is 21.1 Å². The van der Waals surface area contributed by atoms with Gasteiger partial charge in [0.15, 0.2) is 5.58 Å². The van der Waals surface area contributed by atoms with E-state index in [1.165, 1.54) is 0 Å². The minimum absolute atomic E-state index is 0.236. The standard InChI is InChI=1S/C8H5BrCl2N2O/c9-6-3(10)1-4-8(7(6)11)13-5(2-12)14-4/h1H,2,12H2. The van der Waals surface area contributed by atoms with Crippen LogP contribution in [0.3, 0.4) is 0 Å². The molecule has 74 valence electrons. The summed E-state index contributed by atoms with van der Waals surface area (Å²) in [6.07, 6.45) is 0. The van der Waals surface area contributed by atoms with Crippen molar-refractivity contribution in [3.8, 4) is 0 Å². The maximum atomic E-state index is 6.01. The van der Waals surface area contributed by atoms with Crippen molar-refractivity contribution < 1.29 is 4.42 Å². The molecule has 0 amide bonds. The van der Waals surface area contributed by atoms with E-state index < -0.39 is 0 Å². The fourth-order valence-corrected chi connectivity index (χ4v) is 1.89. The number of aromatic nitrogens is 1. The highest BCUT2D eigenvalue weighted by molar-refractivity contribution is 9.10. The lowest BCUT2D eigenvalue weighted by Gasteiger charge is -1.97. The van der Waals surface area contributed by atoms with Crippen LogP contribution >= 0.6 is 39.1 Å². The molecule has 0 aliphatic carbocycles. The number of fused-ring (bicyclic) bond motifs is 1. The number of nitrogens with zero attached hydrogens (tertiary/aromatic N) is 1. The molecule has 0 unspecified atom stereocenters. The fraction of sp³-hybridized carbons (Fsp3) is 0.125. The molecule has 6 heteroatoms. The molecule has 0 fully saturated rings. The molecular weight excluding hydrogens is 291 g/mol. The summed E-state index contributed by atoms with van der Waals surface area (Å²) in [6, 6.07) is 1.65. The lowest BCUT2D eigenvalue weighted by molar-refractivity contribution is 0.533. The van der Waals surface area contributed by atoms with Crippen molar-refractivity contribution in [2.24, 2.45) is 5.73 Å². The first kappa shape index (κ1) is 10.2. The van der Waals surface area contributed by atoms with Gasteiger partial charge in [-0.2, -0.15) is 0 Å². The third-order valence-corrected chi connectivity index (χ3v) is 3.69. The highest BCUT2D eigenvalue weighted by atomic mass is 79.9. The Morgan fingerprint density at radius 3 is 2.86 bits per heavy atom. The van der Waals surface area contributed by atoms with E-state index >= 15 is 0 Å². The Hall–Kier alpha value is -0.290. The number of rotatable bonds is 1. The van der Waals surface area contributed by atoms with Gasteiger partial charge in [0.2, 0.25) is 5.89 Å². The first-order valence-corrected chi connectivity index (χ1v) is 5.31. The molecule has 1 aromatic heterocycles. The van der Waals surface area contributed by atoms with Crippen LogP contribution in [0.15, 0.2) is 15.0 Å². The van der Waals surface area contributed by atoms with Crippen LogP contribution in [0.1, 0.15) is 5.89 Å². The number of nitrogens with two attached hydrogens (primary N) is 1. The van der Waals surface area contributed by atoms with E-state index in [4.69, 9.17) is 33.4 Å². The zero-order valence-electron chi connectivity index (χ0n) is 6.85. The molecule has 2 N–H and O–H groups in total. The number of oxazole rings is 1. The largest absolute Gasteiger partial charge is 0.439 e. The summed E-state index contributed by atoms with van der Waals surface area (Å²) in [5.74, 6) is 0.441. The highest BCUT2D eigenvalue weighted by Crippen LogP contribution is 2.36. The van der Waals surface area contributed by atoms with E-state index in [0.717, 1.165) is 0 Å². The molecule has 0 saturated carbocycles. The quantitative estimate of drug-likeness (QED) is 0.821. The molecule has 0 saturated heterocycles. The number of hydrogen-bond donors (Lipinski definition) is 1. The van der Waals surface area contributed by atoms with Gasteiger partial charge in [-0.05, 0) is 15.9 Å². The topological polar surface area (TPSA) is 52.0 Å². The minimum atomic E-state index is 0.236. The summed E-state index contributed by atoms with van der Waals surface area (Å²) in [4.78, 5) is 4.12. The van der Waals surface area contributed by atoms with Crippen LogP contribution in [-0.4, -0.2) is 4.98 Å². The van der Waals surface area contributed by atoms with E-state index in [1.54, 1.807) is 6.07 Å². The van der Waals surface area contributed by atoms with Crippen molar-refractivity contribution in [2.45, 2.75) is 6.54 Å². The van der Waals surface area contributed by atoms with E-state index in [-0.39, 0.29) is 6.54 Å². The van der Waals surface area contributed by atoms with Gasteiger partial charge in [-0.15, -0.1) is 0 Å². The fourth-order valence-electron chi connectivity index (χ4n) is 1.11. The van der Waals surface area contributed by atoms with Crippen molar-refractivity contribution in [1.29, 1.82) is 0 Å². The molecule has 0 aliphatic rings. The maximum Gasteiger partial charge on any atom is 0.209 e. The molecule has 0 atom stereocenters. The van der Waals surface area contributed by atoms with Crippen molar-refractivity contribution in [1.82, 2.24) is 4.98 Å². The highest BCUT2D eigenvalue weighted by Gasteiger charge is 2.13. The van der Waals surface area contributed by atoms with Crippen molar-refractivity contribution in [2.75, 3.05) is 0 Å². The van der Waals surface area contributed by atoms with E-state index in [2.05, 4.69) is 20.9 Å². The summed E-state index contributed by atoms with van der Waals surface area (Å²) in [5.41, 5.74) is 6.51. The van der Waals surface area contributed by atoms with Gasteiger partial charge >= 0.3 is 0 Å². The van der Waals surface area contributed by atoms with Gasteiger partial charge < -0.3 is 10.2 Å². The van der Waals surface area contributed by atoms with Gasteiger partial charge in [-0.1, -0.05) is 23.2 Å². The molecule has 0 aliphatic heterocycles. The second-order valence-electron chi connectivity index (χ2n) is 2.64. The monoisotopic (exact) mass is 294 g/mol. The minimum Gasteiger partial charge on any atom is -0.439 e. The van der Waals surface area contributed by atoms with Crippen molar-refractivity contribution >= 4 is 50.2 Å². The van der Waals surface area contributed by atoms with E-state index in [9.17, 15) is 0 Å². The summed E-state index contributed by atoms with van der Waals surface area (Å²) < 4.78 is 5.92. The molecular formula is C8H5BrCl2N2O. The molecule has 0 spiro atoms. The predicted octanol–water partition coefficient (Wildman–Crippen LogP) is 3.36. The van der Waals surface area contributed by atoms with Crippen LogP contribution < -0.4 is 5.73 Å². The zero-order chi connectivity index (χ0) is 10.3. The van der Waals surface area contributed by atoms with Crippen LogP contribution in [0.4, 0.5) is 0 Å². The Morgan fingerprint density at radius 2 is 2.21 bits per heavy atom. The lowest BCUT2D eigenvalue weighted by atomic mass is 10.3. The van der Waals surface area contributed by atoms with Crippen molar-refractivity contribution in [3.05, 3.63) is 26.5 Å². The van der Waals surface area contributed by atoms with E-state index in [0.29, 0.717) is 31.5 Å². The molecule has 1 heterocycles. The molecule has 0 bridgehead atoms. The number of halogens is 3. The van der Waals surface area contributed by atoms with Crippen molar-refractivity contribution in [3.63, 3.8) is 0 Å². The zero-order valence-corrected chi connectivity index (χ0v) is 9.95. The van der Waals surface area contributed by atoms with Gasteiger partial charge in [0, 0.05) is 6.07 Å². The van der Waals surface area contributed by atoms with Crippen LogP contribution in [0.5, 0.6) is 0 Å². The predicted molar refractivity (Wildman–Crippen MR) is 59.6 cm³/mol. The van der Waals surface area contributed by atoms with Gasteiger partial charge in [-0.3, -0.25) is 0 Å². The van der Waals surface area contributed by atoms with Crippen LogP contribution in [0, 0.1) is 0 Å². The maximum absolute atomic E-state index is 6.01. The third kappa shape index (κ3) is 1.52. The average molecular weight is 296 g/mol. The molecule has 1 aromatic carbocycles. The second-order valence-corrected chi connectivity index (χ2v) is 4.22. The average Bonchev–Trinajstić information content (AvgIpc) is 2.57. The molecule has 14 heavy (non-hydrogen) atoms. The first-order valence-electron chi connectivity index (χ1n) is 3.76. The first-order chi connectivity index (χ1) is 6.63. The summed E-state index contributed by atoms with van der Waals surface area (Å²) in [5, 5.41) is 0.929. The molecule has 2 aromatic rings. The lowest BCUT2D eigenvalue weighted by Crippen LogP contribution is -1.95. The van der Waals surface area contributed by atoms with Gasteiger partial charge in [-0.25, -0.2) is 4.98 Å². The number of benzene rings is 1. The number of hydrogen-bond acceptors (Lipinski definition) is 3.